The number of nitrogens with zero attached hydrogens (tertiary/aromatic N) is 2. The average Bonchev–Trinajstić information content (AvgIpc) is 2.49. The van der Waals surface area contributed by atoms with E-state index in [9.17, 15) is 4.79 Å². The van der Waals surface area contributed by atoms with E-state index in [2.05, 4.69) is 9.97 Å². The minimum atomic E-state index is -0.0464. The highest BCUT2D eigenvalue weighted by atomic mass is 35.5. The molecule has 0 amide bonds. The summed E-state index contributed by atoms with van der Waals surface area (Å²) in [6.45, 7) is 0. The Morgan fingerprint density at radius 3 is 2.80 bits per heavy atom. The van der Waals surface area contributed by atoms with Gasteiger partial charge in [0, 0.05) is 30.4 Å². The Bertz CT molecular complexity index is 781. The summed E-state index contributed by atoms with van der Waals surface area (Å²) in [7, 11) is 0. The summed E-state index contributed by atoms with van der Waals surface area (Å²) in [6, 6.07) is 11.4. The SMILES string of the molecule is O=C(Cc1ccncc1Cl)c1nccc2ccccc12. The van der Waals surface area contributed by atoms with E-state index >= 15 is 0 Å². The Balaban J connectivity index is 1.99. The highest BCUT2D eigenvalue weighted by Crippen LogP contribution is 2.20. The first-order valence-corrected chi connectivity index (χ1v) is 6.59. The topological polar surface area (TPSA) is 42.9 Å². The van der Waals surface area contributed by atoms with Crippen LogP contribution in [0.1, 0.15) is 16.1 Å². The Morgan fingerprint density at radius 1 is 1.10 bits per heavy atom. The van der Waals surface area contributed by atoms with E-state index in [1.165, 1.54) is 0 Å². The third kappa shape index (κ3) is 2.40. The molecule has 0 spiro atoms. The van der Waals surface area contributed by atoms with Crippen molar-refractivity contribution < 1.29 is 4.79 Å². The largest absolute Gasteiger partial charge is 0.292 e. The van der Waals surface area contributed by atoms with Crippen LogP contribution in [0.5, 0.6) is 0 Å². The third-order valence-electron chi connectivity index (χ3n) is 3.15. The predicted octanol–water partition coefficient (Wildman–Crippen LogP) is 3.71. The van der Waals surface area contributed by atoms with Crippen LogP contribution in [-0.2, 0) is 6.42 Å². The fraction of sp³-hybridized carbons (Fsp3) is 0.0625. The van der Waals surface area contributed by atoms with Crippen LogP contribution in [0.25, 0.3) is 10.8 Å². The number of carbonyl (C=O) groups excluding carboxylic acids is 1. The van der Waals surface area contributed by atoms with Gasteiger partial charge >= 0.3 is 0 Å². The summed E-state index contributed by atoms with van der Waals surface area (Å²) in [5, 5.41) is 2.37. The zero-order chi connectivity index (χ0) is 13.9. The lowest BCUT2D eigenvalue weighted by molar-refractivity contribution is 0.0990. The molecule has 2 heterocycles. The Labute approximate surface area is 121 Å². The molecule has 0 fully saturated rings. The van der Waals surface area contributed by atoms with Gasteiger partial charge in [-0.15, -0.1) is 0 Å². The second-order valence-corrected chi connectivity index (χ2v) is 4.85. The highest BCUT2D eigenvalue weighted by molar-refractivity contribution is 6.31. The van der Waals surface area contributed by atoms with Gasteiger partial charge in [0.25, 0.3) is 0 Å². The van der Waals surface area contributed by atoms with E-state index in [-0.39, 0.29) is 12.2 Å². The van der Waals surface area contributed by atoms with E-state index in [1.807, 2.05) is 30.3 Å². The van der Waals surface area contributed by atoms with Crippen molar-refractivity contribution in [1.82, 2.24) is 9.97 Å². The third-order valence-corrected chi connectivity index (χ3v) is 3.49. The van der Waals surface area contributed by atoms with Crippen LogP contribution in [0.3, 0.4) is 0 Å². The monoisotopic (exact) mass is 282 g/mol. The van der Waals surface area contributed by atoms with E-state index in [1.54, 1.807) is 24.7 Å². The molecule has 0 saturated heterocycles. The van der Waals surface area contributed by atoms with E-state index in [0.29, 0.717) is 10.7 Å². The summed E-state index contributed by atoms with van der Waals surface area (Å²) in [6.07, 6.45) is 5.05. The number of ketones is 1. The lowest BCUT2D eigenvalue weighted by atomic mass is 10.0. The van der Waals surface area contributed by atoms with Crippen molar-refractivity contribution in [2.75, 3.05) is 0 Å². The molecule has 0 unspecified atom stereocenters. The normalized spacial score (nSPS) is 10.7. The number of benzene rings is 1. The molecule has 0 aliphatic heterocycles. The minimum absolute atomic E-state index is 0.0464. The molecular formula is C16H11ClN2O. The van der Waals surface area contributed by atoms with E-state index < -0.39 is 0 Å². The van der Waals surface area contributed by atoms with Gasteiger partial charge in [-0.1, -0.05) is 35.9 Å². The number of fused-ring (bicyclic) bond motifs is 1. The molecule has 0 saturated carbocycles. The molecule has 20 heavy (non-hydrogen) atoms. The molecule has 3 rings (SSSR count). The van der Waals surface area contributed by atoms with Crippen LogP contribution < -0.4 is 0 Å². The zero-order valence-corrected chi connectivity index (χ0v) is 11.3. The van der Waals surface area contributed by atoms with Crippen LogP contribution >= 0.6 is 11.6 Å². The standard InChI is InChI=1S/C16H11ClN2O/c17-14-10-18-7-5-12(14)9-15(20)16-13-4-2-1-3-11(13)6-8-19-16/h1-8,10H,9H2. The number of Topliss-reactive ketones (excluding diaryl/α,β-unsaturated/α-hetero) is 1. The van der Waals surface area contributed by atoms with Gasteiger partial charge in [-0.3, -0.25) is 14.8 Å². The molecule has 3 aromatic rings. The molecule has 0 N–H and O–H groups in total. The van der Waals surface area contributed by atoms with Gasteiger partial charge in [0.2, 0.25) is 0 Å². The summed E-state index contributed by atoms with van der Waals surface area (Å²) < 4.78 is 0. The van der Waals surface area contributed by atoms with Crippen molar-refractivity contribution in [2.24, 2.45) is 0 Å². The maximum Gasteiger partial charge on any atom is 0.186 e. The van der Waals surface area contributed by atoms with Crippen molar-refractivity contribution >= 4 is 28.2 Å². The second-order valence-electron chi connectivity index (χ2n) is 4.45. The van der Waals surface area contributed by atoms with Gasteiger partial charge in [0.05, 0.1) is 5.02 Å². The predicted molar refractivity (Wildman–Crippen MR) is 79.0 cm³/mol. The highest BCUT2D eigenvalue weighted by Gasteiger charge is 2.13. The van der Waals surface area contributed by atoms with Gasteiger partial charge in [-0.25, -0.2) is 0 Å². The summed E-state index contributed by atoms with van der Waals surface area (Å²) >= 11 is 6.04. The Morgan fingerprint density at radius 2 is 1.95 bits per heavy atom. The van der Waals surface area contributed by atoms with E-state index in [4.69, 9.17) is 11.6 Å². The lowest BCUT2D eigenvalue weighted by Crippen LogP contribution is -2.07. The number of aromatic nitrogens is 2. The number of pyridine rings is 2. The van der Waals surface area contributed by atoms with Crippen molar-refractivity contribution in [3.05, 3.63) is 71.3 Å². The first-order chi connectivity index (χ1) is 9.75. The number of hydrogen-bond donors (Lipinski definition) is 0. The van der Waals surface area contributed by atoms with Crippen molar-refractivity contribution in [2.45, 2.75) is 6.42 Å². The first-order valence-electron chi connectivity index (χ1n) is 6.21. The number of halogens is 1. The average molecular weight is 283 g/mol. The van der Waals surface area contributed by atoms with Crippen LogP contribution in [-0.4, -0.2) is 15.8 Å². The maximum atomic E-state index is 12.4. The van der Waals surface area contributed by atoms with Crippen LogP contribution in [0.4, 0.5) is 0 Å². The van der Waals surface area contributed by atoms with Gasteiger partial charge in [0.1, 0.15) is 5.69 Å². The molecule has 3 nitrogen and oxygen atoms in total. The quantitative estimate of drug-likeness (QED) is 0.688. The Kier molecular flexibility index (Phi) is 3.44. The molecular weight excluding hydrogens is 272 g/mol. The molecule has 0 bridgehead atoms. The number of hydrogen-bond acceptors (Lipinski definition) is 3. The zero-order valence-electron chi connectivity index (χ0n) is 10.6. The fourth-order valence-electron chi connectivity index (χ4n) is 2.15. The molecule has 1 aromatic carbocycles. The molecule has 0 aliphatic rings. The fourth-order valence-corrected chi connectivity index (χ4v) is 2.33. The van der Waals surface area contributed by atoms with Crippen LogP contribution in [0.15, 0.2) is 55.0 Å². The minimum Gasteiger partial charge on any atom is -0.292 e. The smallest absolute Gasteiger partial charge is 0.186 e. The Hall–Kier alpha value is -2.26. The summed E-state index contributed by atoms with van der Waals surface area (Å²) in [4.78, 5) is 20.6. The second kappa shape index (κ2) is 5.39. The number of carbonyl (C=O) groups is 1. The summed E-state index contributed by atoms with van der Waals surface area (Å²) in [5.41, 5.74) is 1.25. The van der Waals surface area contributed by atoms with Crippen LogP contribution in [0.2, 0.25) is 5.02 Å². The van der Waals surface area contributed by atoms with Crippen molar-refractivity contribution in [3.8, 4) is 0 Å². The lowest BCUT2D eigenvalue weighted by Gasteiger charge is -2.05. The number of rotatable bonds is 3. The van der Waals surface area contributed by atoms with Gasteiger partial charge in [-0.2, -0.15) is 0 Å². The molecule has 4 heteroatoms. The van der Waals surface area contributed by atoms with Gasteiger partial charge in [-0.05, 0) is 23.1 Å². The molecule has 98 valence electrons. The van der Waals surface area contributed by atoms with Crippen LogP contribution in [0, 0.1) is 0 Å². The van der Waals surface area contributed by atoms with Gasteiger partial charge in [0.15, 0.2) is 5.78 Å². The molecule has 0 aliphatic carbocycles. The van der Waals surface area contributed by atoms with Gasteiger partial charge < -0.3 is 0 Å². The summed E-state index contributed by atoms with van der Waals surface area (Å²) in [5.74, 6) is -0.0464. The van der Waals surface area contributed by atoms with Crippen molar-refractivity contribution in [1.29, 1.82) is 0 Å². The first kappa shape index (κ1) is 12.8. The maximum absolute atomic E-state index is 12.4. The molecule has 0 radical (unpaired) electrons. The molecule has 0 atom stereocenters. The van der Waals surface area contributed by atoms with E-state index in [0.717, 1.165) is 16.3 Å². The molecule has 2 aromatic heterocycles. The van der Waals surface area contributed by atoms with Crippen molar-refractivity contribution in [3.63, 3.8) is 0 Å².